The fourth-order valence-electron chi connectivity index (χ4n) is 1.18. The Morgan fingerprint density at radius 2 is 2.21 bits per heavy atom. The molecule has 0 saturated carbocycles. The Hall–Kier alpha value is 0.230. The van der Waals surface area contributed by atoms with E-state index in [2.05, 4.69) is 25.3 Å². The largest absolute Gasteiger partial charge is 0.382 e. The normalized spacial score (nSPS) is 12.9. The van der Waals surface area contributed by atoms with Crippen molar-refractivity contribution in [3.8, 4) is 0 Å². The van der Waals surface area contributed by atoms with Crippen molar-refractivity contribution in [3.05, 3.63) is 23.8 Å². The van der Waals surface area contributed by atoms with E-state index in [1.165, 1.54) is 17.3 Å². The molecule has 0 saturated heterocycles. The molecule has 0 fully saturated rings. The van der Waals surface area contributed by atoms with Gasteiger partial charge in [0.2, 0.25) is 0 Å². The van der Waals surface area contributed by atoms with Gasteiger partial charge in [-0.3, -0.25) is 0 Å². The number of hydrogen-bond donors (Lipinski definition) is 3. The number of thioether (sulfide) groups is 1. The Balaban J connectivity index is 2.89. The summed E-state index contributed by atoms with van der Waals surface area (Å²) in [6.45, 7) is 1.77. The number of thiol groups is 2. The van der Waals surface area contributed by atoms with Crippen molar-refractivity contribution in [2.24, 2.45) is 0 Å². The van der Waals surface area contributed by atoms with Crippen molar-refractivity contribution in [3.63, 3.8) is 0 Å². The molecule has 14 heavy (non-hydrogen) atoms. The lowest BCUT2D eigenvalue weighted by molar-refractivity contribution is 0.284. The van der Waals surface area contributed by atoms with E-state index < -0.39 is 0 Å². The lowest BCUT2D eigenvalue weighted by atomic mass is 10.2. The van der Waals surface area contributed by atoms with Gasteiger partial charge in [-0.2, -0.15) is 12.6 Å². The minimum Gasteiger partial charge on any atom is -0.382 e. The molecule has 0 spiro atoms. The summed E-state index contributed by atoms with van der Waals surface area (Å²) in [5, 5.41) is 9.29. The molecule has 0 heterocycles. The topological polar surface area (TPSA) is 20.2 Å². The van der Waals surface area contributed by atoms with E-state index >= 15 is 0 Å². The second-order valence-electron chi connectivity index (χ2n) is 2.98. The predicted octanol–water partition coefficient (Wildman–Crippen LogP) is 2.88. The van der Waals surface area contributed by atoms with Gasteiger partial charge in [0.05, 0.1) is 0 Å². The van der Waals surface area contributed by atoms with Gasteiger partial charge in [-0.05, 0) is 42.9 Å². The van der Waals surface area contributed by atoms with Crippen molar-refractivity contribution in [2.75, 3.05) is 5.75 Å². The molecule has 1 aromatic rings. The first-order valence-electron chi connectivity index (χ1n) is 4.41. The summed E-state index contributed by atoms with van der Waals surface area (Å²) in [5.41, 5.74) is 0.831. The highest BCUT2D eigenvalue weighted by atomic mass is 32.2. The second-order valence-corrected chi connectivity index (χ2v) is 5.30. The lowest BCUT2D eigenvalue weighted by Gasteiger charge is -2.10. The summed E-state index contributed by atoms with van der Waals surface area (Å²) in [5.74, 6) is 0.810. The Bertz CT molecular complexity index is 299. The van der Waals surface area contributed by atoms with Gasteiger partial charge in [-0.25, -0.2) is 0 Å². The van der Waals surface area contributed by atoms with Crippen LogP contribution in [0.5, 0.6) is 0 Å². The molecule has 0 aliphatic carbocycles. The molecule has 1 aromatic carbocycles. The van der Waals surface area contributed by atoms with Crippen molar-refractivity contribution < 1.29 is 5.11 Å². The van der Waals surface area contributed by atoms with Crippen LogP contribution in [-0.4, -0.2) is 16.3 Å². The first-order valence-corrected chi connectivity index (χ1v) is 6.37. The number of hydrogen-bond acceptors (Lipinski definition) is 4. The van der Waals surface area contributed by atoms with E-state index in [0.717, 1.165) is 22.0 Å². The summed E-state index contributed by atoms with van der Waals surface area (Å²) in [6.07, 6.45) is 0.909. The van der Waals surface area contributed by atoms with Crippen LogP contribution in [0.3, 0.4) is 0 Å². The van der Waals surface area contributed by atoms with Gasteiger partial charge >= 0.3 is 0 Å². The maximum absolute atomic E-state index is 9.29. The quantitative estimate of drug-likeness (QED) is 0.431. The number of rotatable bonds is 4. The highest BCUT2D eigenvalue weighted by Gasteiger charge is 2.05. The average Bonchev–Trinajstić information content (AvgIpc) is 2.09. The van der Waals surface area contributed by atoms with E-state index in [1.807, 2.05) is 18.2 Å². The smallest absolute Gasteiger partial charge is 0.101 e. The van der Waals surface area contributed by atoms with Gasteiger partial charge < -0.3 is 5.11 Å². The molecule has 1 unspecified atom stereocenters. The van der Waals surface area contributed by atoms with E-state index in [-0.39, 0.29) is 5.44 Å². The lowest BCUT2D eigenvalue weighted by Crippen LogP contribution is -1.96. The Morgan fingerprint density at radius 1 is 1.50 bits per heavy atom. The summed E-state index contributed by atoms with van der Waals surface area (Å²) in [6, 6.07) is 5.97. The monoisotopic (exact) mass is 246 g/mol. The van der Waals surface area contributed by atoms with Gasteiger partial charge in [0.1, 0.15) is 5.44 Å². The molecular weight excluding hydrogens is 232 g/mol. The third kappa shape index (κ3) is 3.77. The molecular formula is C10H14OS3. The number of benzene rings is 1. The van der Waals surface area contributed by atoms with Crippen LogP contribution < -0.4 is 0 Å². The van der Waals surface area contributed by atoms with Crippen LogP contribution in [0.1, 0.15) is 12.5 Å². The average molecular weight is 246 g/mol. The first kappa shape index (κ1) is 12.3. The SMILES string of the molecule is CC(O)Sc1ccc(S)cc1CCS. The fourth-order valence-corrected chi connectivity index (χ4v) is 2.48. The molecule has 1 nitrogen and oxygen atoms in total. The predicted molar refractivity (Wildman–Crippen MR) is 68.8 cm³/mol. The number of aryl methyl sites for hydroxylation is 1. The molecule has 0 radical (unpaired) electrons. The summed E-state index contributed by atoms with van der Waals surface area (Å²) < 4.78 is 0. The molecule has 0 bridgehead atoms. The molecule has 0 aliphatic heterocycles. The molecule has 1 N–H and O–H groups in total. The van der Waals surface area contributed by atoms with Gasteiger partial charge in [0.25, 0.3) is 0 Å². The summed E-state index contributed by atoms with van der Waals surface area (Å²) in [7, 11) is 0. The van der Waals surface area contributed by atoms with Crippen LogP contribution in [0, 0.1) is 0 Å². The molecule has 1 rings (SSSR count). The number of aliphatic hydroxyl groups excluding tert-OH is 1. The Morgan fingerprint density at radius 3 is 2.79 bits per heavy atom. The summed E-state index contributed by atoms with van der Waals surface area (Å²) >= 11 is 9.96. The van der Waals surface area contributed by atoms with Gasteiger partial charge in [0.15, 0.2) is 0 Å². The van der Waals surface area contributed by atoms with Crippen LogP contribution in [0.2, 0.25) is 0 Å². The van der Waals surface area contributed by atoms with Crippen molar-refractivity contribution in [1.82, 2.24) is 0 Å². The van der Waals surface area contributed by atoms with E-state index in [4.69, 9.17) is 0 Å². The van der Waals surface area contributed by atoms with Crippen molar-refractivity contribution >= 4 is 37.0 Å². The van der Waals surface area contributed by atoms with Gasteiger partial charge in [0, 0.05) is 9.79 Å². The van der Waals surface area contributed by atoms with Crippen LogP contribution in [0.15, 0.2) is 28.0 Å². The zero-order chi connectivity index (χ0) is 10.6. The molecule has 0 amide bonds. The van der Waals surface area contributed by atoms with Crippen LogP contribution in [0.4, 0.5) is 0 Å². The minimum atomic E-state index is -0.376. The zero-order valence-corrected chi connectivity index (χ0v) is 10.6. The highest BCUT2D eigenvalue weighted by Crippen LogP contribution is 2.28. The van der Waals surface area contributed by atoms with Crippen molar-refractivity contribution in [2.45, 2.75) is 28.6 Å². The van der Waals surface area contributed by atoms with Crippen molar-refractivity contribution in [1.29, 1.82) is 0 Å². The Kier molecular flexibility index (Phi) is 5.23. The number of aliphatic hydroxyl groups is 1. The highest BCUT2D eigenvalue weighted by molar-refractivity contribution is 7.99. The fraction of sp³-hybridized carbons (Fsp3) is 0.400. The third-order valence-electron chi connectivity index (χ3n) is 1.72. The van der Waals surface area contributed by atoms with E-state index in [0.29, 0.717) is 0 Å². The standard InChI is InChI=1S/C10H14OS3/c1-7(11)14-10-3-2-9(13)6-8(10)4-5-12/h2-3,6-7,11-13H,4-5H2,1H3. The minimum absolute atomic E-state index is 0.376. The molecule has 4 heteroatoms. The molecule has 0 aromatic heterocycles. The van der Waals surface area contributed by atoms with Crippen LogP contribution in [0.25, 0.3) is 0 Å². The third-order valence-corrected chi connectivity index (χ3v) is 3.22. The molecule has 1 atom stereocenters. The molecule has 78 valence electrons. The second kappa shape index (κ2) is 5.95. The maximum Gasteiger partial charge on any atom is 0.101 e. The van der Waals surface area contributed by atoms with Gasteiger partial charge in [-0.1, -0.05) is 11.8 Å². The summed E-state index contributed by atoms with van der Waals surface area (Å²) in [4.78, 5) is 2.07. The van der Waals surface area contributed by atoms with Crippen LogP contribution in [-0.2, 0) is 6.42 Å². The van der Waals surface area contributed by atoms with Crippen LogP contribution >= 0.6 is 37.0 Å². The zero-order valence-electron chi connectivity index (χ0n) is 7.97. The van der Waals surface area contributed by atoms with E-state index in [1.54, 1.807) is 6.92 Å². The first-order chi connectivity index (χ1) is 6.63. The van der Waals surface area contributed by atoms with E-state index in [9.17, 15) is 5.11 Å². The Labute approximate surface area is 100 Å². The molecule has 0 aliphatic rings. The van der Waals surface area contributed by atoms with Gasteiger partial charge in [-0.15, -0.1) is 12.6 Å². The maximum atomic E-state index is 9.29.